The van der Waals surface area contributed by atoms with E-state index in [1.165, 1.54) is 6.07 Å². The predicted octanol–water partition coefficient (Wildman–Crippen LogP) is -0.617. The van der Waals surface area contributed by atoms with Crippen molar-refractivity contribution in [1.82, 2.24) is 26.4 Å². The van der Waals surface area contributed by atoms with Crippen molar-refractivity contribution in [3.05, 3.63) is 83.2 Å². The van der Waals surface area contributed by atoms with Crippen LogP contribution in [0.3, 0.4) is 0 Å². The minimum absolute atomic E-state index is 0.00732. The summed E-state index contributed by atoms with van der Waals surface area (Å²) in [6, 6.07) is 16.3. The number of nitrogens with two attached hydrogens (primary N) is 1. The number of hydrogen-bond acceptors (Lipinski definition) is 8. The van der Waals surface area contributed by atoms with Gasteiger partial charge in [-0.3, -0.25) is 24.5 Å². The molecule has 1 fully saturated rings. The van der Waals surface area contributed by atoms with Crippen LogP contribution >= 0.6 is 0 Å². The SMILES string of the molecule is NC(=O)C[C@H](NC(=O)c1ccc2ccccc2n1)C(=O)N[C@H]1C(c2ccccc2)CN[C@]1(O)C(=O)N[O-]. The van der Waals surface area contributed by atoms with Crippen LogP contribution in [0.5, 0.6) is 0 Å². The van der Waals surface area contributed by atoms with E-state index in [9.17, 15) is 29.5 Å². The number of amides is 4. The van der Waals surface area contributed by atoms with Crippen LogP contribution in [0.2, 0.25) is 0 Å². The average molecular weight is 506 g/mol. The molecule has 4 atom stereocenters. The Bertz CT molecular complexity index is 1340. The lowest BCUT2D eigenvalue weighted by Gasteiger charge is -2.33. The van der Waals surface area contributed by atoms with Gasteiger partial charge in [0.1, 0.15) is 11.7 Å². The van der Waals surface area contributed by atoms with Crippen molar-refractivity contribution in [1.29, 1.82) is 0 Å². The highest BCUT2D eigenvalue weighted by Gasteiger charge is 2.53. The summed E-state index contributed by atoms with van der Waals surface area (Å²) in [4.78, 5) is 54.5. The zero-order valence-electron chi connectivity index (χ0n) is 19.5. The number of hydrogen-bond donors (Lipinski definition) is 6. The summed E-state index contributed by atoms with van der Waals surface area (Å²) >= 11 is 0. The molecule has 3 aromatic rings. The molecule has 0 spiro atoms. The molecule has 1 aliphatic rings. The second-order valence-electron chi connectivity index (χ2n) is 8.67. The molecule has 0 aliphatic carbocycles. The standard InChI is InChI=1S/C25H25N6O6/c26-20(32)12-19(29-22(33)18-11-10-15-8-4-5-9-17(15)28-18)23(34)30-21-16(14-6-2-1-3-7-14)13-27-25(21,36)24(35)31-37/h1-11,16,19,21,27,36H,12-13H2,(H5-,26,28,29,30,31,32,33,34,35,37)/q-1/t16?,19-,21-,25+/m0/s1. The number of nitrogens with zero attached hydrogens (tertiary/aromatic N) is 1. The topological polar surface area (TPSA) is 199 Å². The number of carbonyl (C=O) groups is 4. The second-order valence-corrected chi connectivity index (χ2v) is 8.67. The number of rotatable bonds is 8. The van der Waals surface area contributed by atoms with Gasteiger partial charge in [-0.2, -0.15) is 0 Å². The highest BCUT2D eigenvalue weighted by atomic mass is 16.5. The minimum atomic E-state index is -2.45. The van der Waals surface area contributed by atoms with E-state index < -0.39 is 53.8 Å². The van der Waals surface area contributed by atoms with Gasteiger partial charge in [0.05, 0.1) is 18.0 Å². The van der Waals surface area contributed by atoms with Crippen LogP contribution in [0.4, 0.5) is 0 Å². The van der Waals surface area contributed by atoms with E-state index in [-0.39, 0.29) is 12.2 Å². The Hall–Kier alpha value is -4.39. The fourth-order valence-corrected chi connectivity index (χ4v) is 4.39. The molecule has 0 radical (unpaired) electrons. The molecule has 2 heterocycles. The fraction of sp³-hybridized carbons (Fsp3) is 0.240. The average Bonchev–Trinajstić information content (AvgIpc) is 3.24. The summed E-state index contributed by atoms with van der Waals surface area (Å²) in [5.41, 5.74) is 5.26. The molecule has 1 saturated heterocycles. The van der Waals surface area contributed by atoms with Gasteiger partial charge in [-0.1, -0.05) is 54.6 Å². The maximum Gasteiger partial charge on any atom is 0.270 e. The zero-order chi connectivity index (χ0) is 26.6. The van der Waals surface area contributed by atoms with Crippen LogP contribution in [-0.4, -0.2) is 58.1 Å². The lowest BCUT2D eigenvalue weighted by Crippen LogP contribution is -2.65. The molecule has 4 rings (SSSR count). The number of hydroxylamine groups is 1. The summed E-state index contributed by atoms with van der Waals surface area (Å²) in [5.74, 6) is -4.42. The number of aliphatic hydroxyl groups is 1. The Labute approximate surface area is 211 Å². The molecule has 12 nitrogen and oxygen atoms in total. The first-order valence-electron chi connectivity index (χ1n) is 11.4. The largest absolute Gasteiger partial charge is 0.759 e. The van der Waals surface area contributed by atoms with Gasteiger partial charge in [0, 0.05) is 17.8 Å². The predicted molar refractivity (Wildman–Crippen MR) is 132 cm³/mol. The van der Waals surface area contributed by atoms with Crippen molar-refractivity contribution in [2.75, 3.05) is 6.54 Å². The van der Waals surface area contributed by atoms with Crippen LogP contribution in [0.25, 0.3) is 10.9 Å². The first kappa shape index (κ1) is 25.7. The summed E-state index contributed by atoms with van der Waals surface area (Å²) in [7, 11) is 0. The smallest absolute Gasteiger partial charge is 0.270 e. The molecule has 37 heavy (non-hydrogen) atoms. The van der Waals surface area contributed by atoms with Crippen LogP contribution in [0.15, 0.2) is 66.7 Å². The van der Waals surface area contributed by atoms with Crippen LogP contribution in [0, 0.1) is 5.21 Å². The monoisotopic (exact) mass is 505 g/mol. The van der Waals surface area contributed by atoms with Gasteiger partial charge < -0.3 is 32.2 Å². The molecular formula is C25H25N6O6-. The molecule has 12 heteroatoms. The quantitative estimate of drug-likeness (QED) is 0.218. The Kier molecular flexibility index (Phi) is 7.43. The Balaban J connectivity index is 1.59. The van der Waals surface area contributed by atoms with Crippen molar-refractivity contribution in [2.45, 2.75) is 30.1 Å². The Morgan fingerprint density at radius 1 is 1.08 bits per heavy atom. The first-order chi connectivity index (χ1) is 17.7. The van der Waals surface area contributed by atoms with Gasteiger partial charge in [-0.05, 0) is 17.7 Å². The molecule has 0 saturated carbocycles. The third kappa shape index (κ3) is 5.40. The fourth-order valence-electron chi connectivity index (χ4n) is 4.39. The highest BCUT2D eigenvalue weighted by molar-refractivity contribution is 5.99. The van der Waals surface area contributed by atoms with E-state index in [2.05, 4.69) is 20.9 Å². The van der Waals surface area contributed by atoms with Gasteiger partial charge in [0.15, 0.2) is 0 Å². The van der Waals surface area contributed by atoms with Gasteiger partial charge in [0.25, 0.3) is 11.8 Å². The number of para-hydroxylation sites is 1. The van der Waals surface area contributed by atoms with Crippen LogP contribution in [-0.2, 0) is 14.4 Å². The van der Waals surface area contributed by atoms with E-state index in [0.29, 0.717) is 11.1 Å². The molecule has 7 N–H and O–H groups in total. The first-order valence-corrected chi connectivity index (χ1v) is 11.4. The lowest BCUT2D eigenvalue weighted by molar-refractivity contribution is -0.144. The molecule has 1 aromatic heterocycles. The number of nitrogens with one attached hydrogen (secondary N) is 4. The minimum Gasteiger partial charge on any atom is -0.759 e. The molecule has 1 aliphatic heterocycles. The van der Waals surface area contributed by atoms with Gasteiger partial charge in [0.2, 0.25) is 17.5 Å². The third-order valence-corrected chi connectivity index (χ3v) is 6.27. The molecule has 192 valence electrons. The summed E-state index contributed by atoms with van der Waals surface area (Å²) < 4.78 is 0. The third-order valence-electron chi connectivity index (χ3n) is 6.27. The van der Waals surface area contributed by atoms with Crippen molar-refractivity contribution >= 4 is 34.5 Å². The van der Waals surface area contributed by atoms with Crippen molar-refractivity contribution in [3.63, 3.8) is 0 Å². The van der Waals surface area contributed by atoms with Crippen molar-refractivity contribution < 1.29 is 24.3 Å². The van der Waals surface area contributed by atoms with Gasteiger partial charge in [-0.15, -0.1) is 0 Å². The van der Waals surface area contributed by atoms with Gasteiger partial charge >= 0.3 is 0 Å². The van der Waals surface area contributed by atoms with Crippen LogP contribution in [0.1, 0.15) is 28.4 Å². The summed E-state index contributed by atoms with van der Waals surface area (Å²) in [5, 5.41) is 30.5. The van der Waals surface area contributed by atoms with E-state index in [1.54, 1.807) is 48.5 Å². The highest BCUT2D eigenvalue weighted by Crippen LogP contribution is 2.31. The number of fused-ring (bicyclic) bond motifs is 1. The molecule has 1 unspecified atom stereocenters. The van der Waals surface area contributed by atoms with Crippen molar-refractivity contribution in [2.24, 2.45) is 5.73 Å². The maximum atomic E-state index is 13.3. The number of primary amides is 1. The number of aromatic nitrogens is 1. The lowest BCUT2D eigenvalue weighted by atomic mass is 9.88. The second kappa shape index (κ2) is 10.7. The summed E-state index contributed by atoms with van der Waals surface area (Å²) in [6.45, 7) is 0.0483. The van der Waals surface area contributed by atoms with E-state index >= 15 is 0 Å². The van der Waals surface area contributed by atoms with E-state index in [1.807, 2.05) is 12.1 Å². The van der Waals surface area contributed by atoms with Crippen molar-refractivity contribution in [3.8, 4) is 0 Å². The van der Waals surface area contributed by atoms with E-state index in [4.69, 9.17) is 5.73 Å². The molecule has 2 aromatic carbocycles. The normalized spacial score (nSPS) is 21.7. The summed E-state index contributed by atoms with van der Waals surface area (Å²) in [6.07, 6.45) is -0.562. The van der Waals surface area contributed by atoms with E-state index in [0.717, 1.165) is 10.9 Å². The zero-order valence-corrected chi connectivity index (χ0v) is 19.5. The van der Waals surface area contributed by atoms with Crippen LogP contribution < -0.4 is 27.2 Å². The Morgan fingerprint density at radius 3 is 2.49 bits per heavy atom. The molecule has 0 bridgehead atoms. The molecule has 4 amide bonds. The molecular weight excluding hydrogens is 480 g/mol. The maximum absolute atomic E-state index is 13.3. The number of benzene rings is 2. The van der Waals surface area contributed by atoms with Gasteiger partial charge in [-0.25, -0.2) is 4.98 Å². The Morgan fingerprint density at radius 2 is 1.78 bits per heavy atom. The number of carbonyl (C=O) groups excluding carboxylic acids is 4. The number of pyridine rings is 1.